The molecule has 8 nitrogen and oxygen atoms in total. The van der Waals surface area contributed by atoms with E-state index in [-0.39, 0.29) is 30.8 Å². The summed E-state index contributed by atoms with van der Waals surface area (Å²) in [6, 6.07) is 12.8. The Morgan fingerprint density at radius 2 is 1.89 bits per heavy atom. The van der Waals surface area contributed by atoms with Gasteiger partial charge in [-0.05, 0) is 48.2 Å². The van der Waals surface area contributed by atoms with Crippen molar-refractivity contribution in [1.29, 1.82) is 0 Å². The third kappa shape index (κ3) is 6.19. The van der Waals surface area contributed by atoms with Gasteiger partial charge in [0.15, 0.2) is 19.0 Å². The molecule has 1 fully saturated rings. The minimum atomic E-state index is -0.192. The SMILES string of the molecule is CC(C)c1cccc(OCC(=O)c2ccc3c(c2)N(CCCC(=O)N2CCOCC2)C(=O)CO3)c1. The molecule has 2 heterocycles. The molecule has 2 amide bonds. The Kier molecular flexibility index (Phi) is 8.02. The third-order valence-electron chi connectivity index (χ3n) is 6.25. The van der Waals surface area contributed by atoms with Crippen LogP contribution in [0.2, 0.25) is 0 Å². The topological polar surface area (TPSA) is 85.4 Å². The Bertz CT molecular complexity index is 1080. The second-order valence-corrected chi connectivity index (χ2v) is 9.05. The Labute approximate surface area is 205 Å². The Hall–Kier alpha value is -3.39. The number of carbonyl (C=O) groups is 3. The molecular formula is C27H32N2O6. The van der Waals surface area contributed by atoms with Crippen LogP contribution in [-0.2, 0) is 14.3 Å². The first-order valence-corrected chi connectivity index (χ1v) is 12.1. The van der Waals surface area contributed by atoms with Crippen molar-refractivity contribution in [2.24, 2.45) is 0 Å². The van der Waals surface area contributed by atoms with Crippen molar-refractivity contribution >= 4 is 23.3 Å². The number of hydrogen-bond donors (Lipinski definition) is 0. The lowest BCUT2D eigenvalue weighted by Gasteiger charge is -2.30. The highest BCUT2D eigenvalue weighted by Gasteiger charge is 2.27. The fraction of sp³-hybridized carbons (Fsp3) is 0.444. The summed E-state index contributed by atoms with van der Waals surface area (Å²) in [6.07, 6.45) is 0.872. The van der Waals surface area contributed by atoms with E-state index < -0.39 is 0 Å². The van der Waals surface area contributed by atoms with Crippen LogP contribution in [0.4, 0.5) is 5.69 Å². The zero-order valence-corrected chi connectivity index (χ0v) is 20.3. The maximum atomic E-state index is 12.9. The van der Waals surface area contributed by atoms with Gasteiger partial charge in [0.25, 0.3) is 5.91 Å². The van der Waals surface area contributed by atoms with E-state index >= 15 is 0 Å². The standard InChI is InChI=1S/C27H32N2O6/c1-19(2)20-5-3-6-22(15-20)34-17-24(30)21-8-9-25-23(16-21)29(27(32)18-35-25)10-4-7-26(31)28-11-13-33-14-12-28/h3,5-6,8-9,15-16,19H,4,7,10-14,17-18H2,1-2H3. The molecule has 2 aromatic rings. The van der Waals surface area contributed by atoms with Crippen LogP contribution in [0.15, 0.2) is 42.5 Å². The number of benzene rings is 2. The van der Waals surface area contributed by atoms with Crippen molar-refractivity contribution in [2.45, 2.75) is 32.6 Å². The van der Waals surface area contributed by atoms with Crippen molar-refractivity contribution in [3.63, 3.8) is 0 Å². The van der Waals surface area contributed by atoms with E-state index in [1.807, 2.05) is 24.3 Å². The van der Waals surface area contributed by atoms with Crippen LogP contribution in [0.5, 0.6) is 11.5 Å². The van der Waals surface area contributed by atoms with Crippen LogP contribution in [0.1, 0.15) is 48.5 Å². The molecule has 0 aromatic heterocycles. The monoisotopic (exact) mass is 480 g/mol. The normalized spacial score (nSPS) is 15.6. The molecule has 0 atom stereocenters. The van der Waals surface area contributed by atoms with E-state index in [0.29, 0.717) is 74.4 Å². The number of amides is 2. The second kappa shape index (κ2) is 11.4. The molecule has 2 aromatic carbocycles. The van der Waals surface area contributed by atoms with Gasteiger partial charge in [-0.25, -0.2) is 0 Å². The first kappa shape index (κ1) is 24.7. The first-order valence-electron chi connectivity index (χ1n) is 12.1. The number of rotatable bonds is 9. The number of fused-ring (bicyclic) bond motifs is 1. The van der Waals surface area contributed by atoms with Crippen LogP contribution in [-0.4, -0.2) is 68.6 Å². The van der Waals surface area contributed by atoms with Gasteiger partial charge in [-0.1, -0.05) is 26.0 Å². The van der Waals surface area contributed by atoms with E-state index in [1.165, 1.54) is 0 Å². The molecule has 0 unspecified atom stereocenters. The van der Waals surface area contributed by atoms with E-state index in [2.05, 4.69) is 13.8 Å². The van der Waals surface area contributed by atoms with Gasteiger partial charge in [-0.3, -0.25) is 14.4 Å². The molecule has 0 spiro atoms. The largest absolute Gasteiger partial charge is 0.485 e. The van der Waals surface area contributed by atoms with Crippen LogP contribution in [0, 0.1) is 0 Å². The number of ketones is 1. The summed E-state index contributed by atoms with van der Waals surface area (Å²) in [5.41, 5.74) is 2.13. The molecule has 1 saturated heterocycles. The van der Waals surface area contributed by atoms with E-state index in [1.54, 1.807) is 28.0 Å². The van der Waals surface area contributed by atoms with Crippen molar-refractivity contribution in [3.05, 3.63) is 53.6 Å². The number of Topliss-reactive ketones (excluding diaryl/α,β-unsaturated/α-hetero) is 1. The summed E-state index contributed by atoms with van der Waals surface area (Å²) in [5.74, 6) is 1.24. The number of morpholine rings is 1. The number of carbonyl (C=O) groups excluding carboxylic acids is 3. The van der Waals surface area contributed by atoms with Crippen molar-refractivity contribution in [1.82, 2.24) is 4.90 Å². The highest BCUT2D eigenvalue weighted by atomic mass is 16.5. The van der Waals surface area contributed by atoms with E-state index in [0.717, 1.165) is 5.56 Å². The quantitative estimate of drug-likeness (QED) is 0.511. The molecule has 0 aliphatic carbocycles. The average molecular weight is 481 g/mol. The molecule has 2 aliphatic heterocycles. The molecular weight excluding hydrogens is 448 g/mol. The van der Waals surface area contributed by atoms with Crippen molar-refractivity contribution in [3.8, 4) is 11.5 Å². The number of ether oxygens (including phenoxy) is 3. The Morgan fingerprint density at radius 3 is 2.66 bits per heavy atom. The highest BCUT2D eigenvalue weighted by Crippen LogP contribution is 2.33. The van der Waals surface area contributed by atoms with Gasteiger partial charge in [0.2, 0.25) is 5.91 Å². The van der Waals surface area contributed by atoms with Crippen LogP contribution in [0.25, 0.3) is 0 Å². The van der Waals surface area contributed by atoms with Crippen LogP contribution in [0.3, 0.4) is 0 Å². The maximum Gasteiger partial charge on any atom is 0.265 e. The fourth-order valence-electron chi connectivity index (χ4n) is 4.18. The highest BCUT2D eigenvalue weighted by molar-refractivity contribution is 6.02. The predicted molar refractivity (Wildman–Crippen MR) is 131 cm³/mol. The number of hydrogen-bond acceptors (Lipinski definition) is 6. The van der Waals surface area contributed by atoms with Gasteiger partial charge in [0.1, 0.15) is 11.5 Å². The van der Waals surface area contributed by atoms with Gasteiger partial charge in [-0.15, -0.1) is 0 Å². The number of anilines is 1. The summed E-state index contributed by atoms with van der Waals surface area (Å²) in [5, 5.41) is 0. The lowest BCUT2D eigenvalue weighted by molar-refractivity contribution is -0.135. The zero-order valence-electron chi connectivity index (χ0n) is 20.3. The number of nitrogens with zero attached hydrogens (tertiary/aromatic N) is 2. The van der Waals surface area contributed by atoms with Crippen molar-refractivity contribution < 1.29 is 28.6 Å². The van der Waals surface area contributed by atoms with Crippen LogP contribution >= 0.6 is 0 Å². The summed E-state index contributed by atoms with van der Waals surface area (Å²) in [6.45, 7) is 6.74. The molecule has 186 valence electrons. The first-order chi connectivity index (χ1) is 16.9. The summed E-state index contributed by atoms with van der Waals surface area (Å²) >= 11 is 0. The molecule has 0 radical (unpaired) electrons. The van der Waals surface area contributed by atoms with Gasteiger partial charge in [0, 0.05) is 31.6 Å². The zero-order chi connectivity index (χ0) is 24.8. The molecule has 4 rings (SSSR count). The minimum absolute atomic E-state index is 0.0625. The third-order valence-corrected chi connectivity index (χ3v) is 6.25. The van der Waals surface area contributed by atoms with Crippen LogP contribution < -0.4 is 14.4 Å². The van der Waals surface area contributed by atoms with Gasteiger partial charge in [-0.2, -0.15) is 0 Å². The Morgan fingerprint density at radius 1 is 1.09 bits per heavy atom. The molecule has 0 bridgehead atoms. The second-order valence-electron chi connectivity index (χ2n) is 9.05. The molecule has 2 aliphatic rings. The lowest BCUT2D eigenvalue weighted by Crippen LogP contribution is -2.42. The fourth-order valence-corrected chi connectivity index (χ4v) is 4.18. The lowest BCUT2D eigenvalue weighted by atomic mass is 10.0. The summed E-state index contributed by atoms with van der Waals surface area (Å²) in [4.78, 5) is 41.3. The van der Waals surface area contributed by atoms with E-state index in [9.17, 15) is 14.4 Å². The maximum absolute atomic E-state index is 12.9. The van der Waals surface area contributed by atoms with Gasteiger partial charge < -0.3 is 24.0 Å². The molecule has 8 heteroatoms. The van der Waals surface area contributed by atoms with Gasteiger partial charge >= 0.3 is 0 Å². The summed E-state index contributed by atoms with van der Waals surface area (Å²) < 4.78 is 16.6. The Balaban J connectivity index is 1.39. The minimum Gasteiger partial charge on any atom is -0.485 e. The molecule has 0 saturated carbocycles. The smallest absolute Gasteiger partial charge is 0.265 e. The van der Waals surface area contributed by atoms with Gasteiger partial charge in [0.05, 0.1) is 18.9 Å². The molecule has 35 heavy (non-hydrogen) atoms. The van der Waals surface area contributed by atoms with E-state index in [4.69, 9.17) is 14.2 Å². The molecule has 0 N–H and O–H groups in total. The summed E-state index contributed by atoms with van der Waals surface area (Å²) in [7, 11) is 0. The average Bonchev–Trinajstić information content (AvgIpc) is 2.88. The van der Waals surface area contributed by atoms with Crippen molar-refractivity contribution in [2.75, 3.05) is 51.0 Å². The predicted octanol–water partition coefficient (Wildman–Crippen LogP) is 3.44.